The highest BCUT2D eigenvalue weighted by atomic mass is 16.1. The molecule has 3 rings (SSSR count). The van der Waals surface area contributed by atoms with Gasteiger partial charge in [-0.2, -0.15) is 5.10 Å². The molecule has 3 heterocycles. The fourth-order valence-electron chi connectivity index (χ4n) is 2.88. The average Bonchev–Trinajstić information content (AvgIpc) is 2.47. The van der Waals surface area contributed by atoms with Gasteiger partial charge in [0.15, 0.2) is 0 Å². The summed E-state index contributed by atoms with van der Waals surface area (Å²) in [5.74, 6) is 0.462. The predicted molar refractivity (Wildman–Crippen MR) is 92.7 cm³/mol. The molecule has 24 heavy (non-hydrogen) atoms. The van der Waals surface area contributed by atoms with Gasteiger partial charge in [-0.3, -0.25) is 19.7 Å². The Morgan fingerprint density at radius 2 is 1.92 bits per heavy atom. The minimum Gasteiger partial charge on any atom is -0.297 e. The van der Waals surface area contributed by atoms with Crippen LogP contribution in [0.5, 0.6) is 0 Å². The van der Waals surface area contributed by atoms with Crippen molar-refractivity contribution in [3.63, 3.8) is 0 Å². The van der Waals surface area contributed by atoms with E-state index in [1.807, 2.05) is 19.2 Å². The quantitative estimate of drug-likeness (QED) is 0.856. The van der Waals surface area contributed by atoms with Crippen LogP contribution >= 0.6 is 0 Å². The Labute approximate surface area is 142 Å². The summed E-state index contributed by atoms with van der Waals surface area (Å²) in [4.78, 5) is 23.0. The van der Waals surface area contributed by atoms with Crippen LogP contribution < -0.4 is 5.56 Å². The summed E-state index contributed by atoms with van der Waals surface area (Å²) in [5, 5.41) is 4.55. The van der Waals surface area contributed by atoms with Crippen LogP contribution in [0.2, 0.25) is 0 Å². The van der Waals surface area contributed by atoms with Gasteiger partial charge in [-0.25, -0.2) is 4.68 Å². The van der Waals surface area contributed by atoms with Crippen LogP contribution in [0.15, 0.2) is 29.3 Å². The molecule has 1 aliphatic heterocycles. The molecular weight excluding hydrogens is 302 g/mol. The summed E-state index contributed by atoms with van der Waals surface area (Å²) in [6.07, 6.45) is 3.63. The predicted octanol–water partition coefficient (Wildman–Crippen LogP) is 1.77. The first-order valence-electron chi connectivity index (χ1n) is 8.40. The maximum atomic E-state index is 12.0. The van der Waals surface area contributed by atoms with Crippen molar-refractivity contribution in [2.75, 3.05) is 13.1 Å². The maximum Gasteiger partial charge on any atom is 0.266 e. The number of aryl methyl sites for hydroxylation is 1. The van der Waals surface area contributed by atoms with Crippen molar-refractivity contribution in [3.8, 4) is 0 Å². The monoisotopic (exact) mass is 327 g/mol. The topological polar surface area (TPSA) is 63.9 Å². The lowest BCUT2D eigenvalue weighted by Gasteiger charge is -2.39. The third kappa shape index (κ3) is 3.87. The maximum absolute atomic E-state index is 12.0. The van der Waals surface area contributed by atoms with Crippen molar-refractivity contribution in [1.29, 1.82) is 0 Å². The van der Waals surface area contributed by atoms with Gasteiger partial charge < -0.3 is 0 Å². The molecule has 0 bridgehead atoms. The summed E-state index contributed by atoms with van der Waals surface area (Å²) in [6.45, 7) is 11.7. The van der Waals surface area contributed by atoms with Crippen molar-refractivity contribution in [2.24, 2.45) is 5.92 Å². The summed E-state index contributed by atoms with van der Waals surface area (Å²) in [6, 6.07) is 3.47. The van der Waals surface area contributed by atoms with E-state index in [-0.39, 0.29) is 11.0 Å². The Balaban J connectivity index is 1.57. The van der Waals surface area contributed by atoms with E-state index in [1.165, 1.54) is 0 Å². The van der Waals surface area contributed by atoms with Gasteiger partial charge in [0, 0.05) is 49.4 Å². The molecule has 0 saturated carbocycles. The molecule has 0 aromatic carbocycles. The van der Waals surface area contributed by atoms with Gasteiger partial charge >= 0.3 is 0 Å². The molecule has 0 aliphatic carbocycles. The van der Waals surface area contributed by atoms with E-state index in [4.69, 9.17) is 0 Å². The molecule has 0 N–H and O–H groups in total. The van der Waals surface area contributed by atoms with Gasteiger partial charge in [-0.05, 0) is 13.0 Å². The molecule has 2 aromatic heterocycles. The van der Waals surface area contributed by atoms with Crippen molar-refractivity contribution < 1.29 is 0 Å². The molecule has 1 saturated heterocycles. The van der Waals surface area contributed by atoms with Crippen molar-refractivity contribution in [3.05, 3.63) is 52.0 Å². The van der Waals surface area contributed by atoms with E-state index in [2.05, 4.69) is 40.7 Å². The molecule has 0 radical (unpaired) electrons. The van der Waals surface area contributed by atoms with E-state index < -0.39 is 0 Å². The second kappa shape index (κ2) is 6.43. The number of hydrogen-bond donors (Lipinski definition) is 0. The van der Waals surface area contributed by atoms with Crippen LogP contribution in [0.1, 0.15) is 37.9 Å². The zero-order chi connectivity index (χ0) is 17.3. The number of rotatable bonds is 4. The van der Waals surface area contributed by atoms with Gasteiger partial charge in [-0.15, -0.1) is 0 Å². The lowest BCUT2D eigenvalue weighted by molar-refractivity contribution is 0.0750. The highest BCUT2D eigenvalue weighted by molar-refractivity contribution is 5.10. The normalized spacial score (nSPS) is 16.2. The highest BCUT2D eigenvalue weighted by Crippen LogP contribution is 2.21. The first kappa shape index (κ1) is 16.8. The van der Waals surface area contributed by atoms with Gasteiger partial charge in [0.25, 0.3) is 5.56 Å². The molecule has 6 heteroatoms. The molecule has 0 spiro atoms. The summed E-state index contributed by atoms with van der Waals surface area (Å²) in [7, 11) is 0. The summed E-state index contributed by atoms with van der Waals surface area (Å²) in [5.41, 5.74) is 2.80. The fourth-order valence-corrected chi connectivity index (χ4v) is 2.88. The standard InChI is InChI=1S/C18H25N5O/c1-13-7-20-15(8-19-13)12-22-9-14(10-22)11-23-17(24)6-5-16(21-23)18(2,3)4/h5-8,14H,9-12H2,1-4H3. The lowest BCUT2D eigenvalue weighted by atomic mass is 9.92. The van der Waals surface area contributed by atoms with Gasteiger partial charge in [0.1, 0.15) is 0 Å². The van der Waals surface area contributed by atoms with Gasteiger partial charge in [0.05, 0.1) is 23.6 Å². The molecule has 0 amide bonds. The number of likely N-dealkylation sites (tertiary alicyclic amines) is 1. The Hall–Kier alpha value is -2.08. The molecular formula is C18H25N5O. The molecule has 2 aromatic rings. The largest absolute Gasteiger partial charge is 0.297 e. The third-order valence-corrected chi connectivity index (χ3v) is 4.32. The first-order valence-corrected chi connectivity index (χ1v) is 8.40. The highest BCUT2D eigenvalue weighted by Gasteiger charge is 2.28. The zero-order valence-electron chi connectivity index (χ0n) is 14.9. The molecule has 128 valence electrons. The molecule has 0 unspecified atom stereocenters. The second-order valence-electron chi connectivity index (χ2n) is 7.70. The Bertz CT molecular complexity index is 754. The minimum absolute atomic E-state index is 0.0224. The minimum atomic E-state index is -0.0504. The van der Waals surface area contributed by atoms with Crippen molar-refractivity contribution >= 4 is 0 Å². The van der Waals surface area contributed by atoms with Crippen LogP contribution in [-0.2, 0) is 18.5 Å². The van der Waals surface area contributed by atoms with E-state index in [0.717, 1.165) is 36.7 Å². The van der Waals surface area contributed by atoms with Crippen LogP contribution in [0.25, 0.3) is 0 Å². The third-order valence-electron chi connectivity index (χ3n) is 4.32. The van der Waals surface area contributed by atoms with Gasteiger partial charge in [-0.1, -0.05) is 20.8 Å². The van der Waals surface area contributed by atoms with E-state index in [1.54, 1.807) is 16.9 Å². The average molecular weight is 327 g/mol. The van der Waals surface area contributed by atoms with E-state index in [0.29, 0.717) is 12.5 Å². The number of aromatic nitrogens is 4. The van der Waals surface area contributed by atoms with E-state index >= 15 is 0 Å². The van der Waals surface area contributed by atoms with Crippen LogP contribution in [0, 0.1) is 12.8 Å². The Morgan fingerprint density at radius 3 is 2.54 bits per heavy atom. The smallest absolute Gasteiger partial charge is 0.266 e. The zero-order valence-corrected chi connectivity index (χ0v) is 14.9. The van der Waals surface area contributed by atoms with Crippen molar-refractivity contribution in [2.45, 2.75) is 46.2 Å². The SMILES string of the molecule is Cc1cnc(CN2CC(Cn3nc(C(C)(C)C)ccc3=O)C2)cn1. The Kier molecular flexibility index (Phi) is 4.49. The first-order chi connectivity index (χ1) is 11.3. The summed E-state index contributed by atoms with van der Waals surface area (Å²) < 4.78 is 1.62. The van der Waals surface area contributed by atoms with Crippen LogP contribution in [0.3, 0.4) is 0 Å². The fraction of sp³-hybridized carbons (Fsp3) is 0.556. The molecule has 6 nitrogen and oxygen atoms in total. The second-order valence-corrected chi connectivity index (χ2v) is 7.70. The number of nitrogens with zero attached hydrogens (tertiary/aromatic N) is 5. The van der Waals surface area contributed by atoms with Gasteiger partial charge in [0.2, 0.25) is 0 Å². The molecule has 1 aliphatic rings. The van der Waals surface area contributed by atoms with Crippen LogP contribution in [0.4, 0.5) is 0 Å². The molecule has 1 fully saturated rings. The lowest BCUT2D eigenvalue weighted by Crippen LogP contribution is -2.49. The Morgan fingerprint density at radius 1 is 1.17 bits per heavy atom. The van der Waals surface area contributed by atoms with E-state index in [9.17, 15) is 4.79 Å². The summed E-state index contributed by atoms with van der Waals surface area (Å²) >= 11 is 0. The van der Waals surface area contributed by atoms with Crippen LogP contribution in [-0.4, -0.2) is 37.7 Å². The molecule has 0 atom stereocenters. The number of hydrogen-bond acceptors (Lipinski definition) is 5. The van der Waals surface area contributed by atoms with Crippen molar-refractivity contribution in [1.82, 2.24) is 24.6 Å².